The predicted molar refractivity (Wildman–Crippen MR) is 89.7 cm³/mol. The van der Waals surface area contributed by atoms with Crippen LogP contribution in [0.1, 0.15) is 17.2 Å². The molecule has 0 unspecified atom stereocenters. The Morgan fingerprint density at radius 1 is 0.963 bits per heavy atom. The first kappa shape index (κ1) is 16.7. The van der Waals surface area contributed by atoms with Crippen LogP contribution in [0.3, 0.4) is 0 Å². The summed E-state index contributed by atoms with van der Waals surface area (Å²) in [6.07, 6.45) is 1.42. The highest BCUT2D eigenvalue weighted by Gasteiger charge is 2.45. The molecule has 0 N–H and O–H groups in total. The zero-order valence-electron chi connectivity index (χ0n) is 14.3. The first-order chi connectivity index (χ1) is 13.0. The van der Waals surface area contributed by atoms with Crippen molar-refractivity contribution >= 4 is 17.8 Å². The molecule has 4 amide bonds. The molecule has 136 valence electrons. The van der Waals surface area contributed by atoms with E-state index in [1.165, 1.54) is 6.26 Å². The molecule has 1 fully saturated rings. The molecule has 9 nitrogen and oxygen atoms in total. The Labute approximate surface area is 153 Å². The second-order valence-corrected chi connectivity index (χ2v) is 5.97. The zero-order valence-corrected chi connectivity index (χ0v) is 14.3. The first-order valence-corrected chi connectivity index (χ1v) is 8.13. The molecular formula is C18H14N4O5. The van der Waals surface area contributed by atoms with Gasteiger partial charge in [0.1, 0.15) is 12.3 Å². The van der Waals surface area contributed by atoms with Crippen LogP contribution in [0.25, 0.3) is 11.4 Å². The minimum atomic E-state index is -0.942. The first-order valence-electron chi connectivity index (χ1n) is 8.13. The van der Waals surface area contributed by atoms with Crippen molar-refractivity contribution in [2.75, 3.05) is 0 Å². The van der Waals surface area contributed by atoms with Crippen molar-refractivity contribution < 1.29 is 23.3 Å². The maximum Gasteiger partial charge on any atom is 0.335 e. The highest BCUT2D eigenvalue weighted by Crippen LogP contribution is 2.22. The number of nitrogens with zero attached hydrogens (tertiary/aromatic N) is 4. The number of hydrogen-bond donors (Lipinski definition) is 0. The van der Waals surface area contributed by atoms with E-state index in [1.807, 2.05) is 31.2 Å². The van der Waals surface area contributed by atoms with E-state index in [0.29, 0.717) is 11.6 Å². The lowest BCUT2D eigenvalue weighted by atomic mass is 10.1. The molecule has 9 heteroatoms. The van der Waals surface area contributed by atoms with Crippen LogP contribution >= 0.6 is 0 Å². The zero-order chi connectivity index (χ0) is 19.0. The summed E-state index contributed by atoms with van der Waals surface area (Å²) in [7, 11) is 0. The van der Waals surface area contributed by atoms with Crippen molar-refractivity contribution in [2.24, 2.45) is 0 Å². The van der Waals surface area contributed by atoms with Crippen molar-refractivity contribution in [3.8, 4) is 11.4 Å². The summed E-state index contributed by atoms with van der Waals surface area (Å²) < 4.78 is 10.3. The lowest BCUT2D eigenvalue weighted by Crippen LogP contribution is -2.32. The summed E-state index contributed by atoms with van der Waals surface area (Å²) >= 11 is 0. The third-order valence-electron chi connectivity index (χ3n) is 4.18. The highest BCUT2D eigenvalue weighted by molar-refractivity contribution is 6.44. The molecule has 1 aliphatic heterocycles. The largest absolute Gasteiger partial charge is 0.467 e. The van der Waals surface area contributed by atoms with E-state index in [9.17, 15) is 14.4 Å². The van der Waals surface area contributed by atoms with Crippen molar-refractivity contribution in [1.29, 1.82) is 0 Å². The van der Waals surface area contributed by atoms with Gasteiger partial charge in [0.05, 0.1) is 12.8 Å². The standard InChI is InChI=1S/C18H14N4O5/c1-11-5-2-3-7-13(11)15-19-14(27-20-15)10-22-17(24)16(23)21(18(22)25)9-12-6-4-8-26-12/h2-8H,9-10H2,1H3. The Kier molecular flexibility index (Phi) is 4.03. The van der Waals surface area contributed by atoms with Crippen molar-refractivity contribution in [2.45, 2.75) is 20.0 Å². The Morgan fingerprint density at radius 2 is 1.70 bits per heavy atom. The molecule has 0 saturated carbocycles. The molecule has 0 bridgehead atoms. The van der Waals surface area contributed by atoms with E-state index < -0.39 is 17.8 Å². The Bertz CT molecular complexity index is 1020. The van der Waals surface area contributed by atoms with E-state index in [2.05, 4.69) is 10.1 Å². The van der Waals surface area contributed by atoms with Gasteiger partial charge in [0.15, 0.2) is 0 Å². The van der Waals surface area contributed by atoms with Gasteiger partial charge in [-0.3, -0.25) is 9.59 Å². The lowest BCUT2D eigenvalue weighted by molar-refractivity contribution is -0.143. The number of rotatable bonds is 5. The Balaban J connectivity index is 1.53. The molecule has 1 aromatic carbocycles. The average Bonchev–Trinajstić information content (AvgIpc) is 3.38. The molecule has 0 aliphatic carbocycles. The second kappa shape index (κ2) is 6.52. The van der Waals surface area contributed by atoms with Gasteiger partial charge in [-0.15, -0.1) is 0 Å². The topological polar surface area (TPSA) is 110 Å². The van der Waals surface area contributed by atoms with E-state index in [0.717, 1.165) is 20.9 Å². The predicted octanol–water partition coefficient (Wildman–Crippen LogP) is 2.13. The Morgan fingerprint density at radius 3 is 2.41 bits per heavy atom. The highest BCUT2D eigenvalue weighted by atomic mass is 16.5. The summed E-state index contributed by atoms with van der Waals surface area (Å²) in [4.78, 5) is 42.6. The number of benzene rings is 1. The molecule has 0 atom stereocenters. The lowest BCUT2D eigenvalue weighted by Gasteiger charge is -2.12. The molecule has 1 saturated heterocycles. The van der Waals surface area contributed by atoms with Crippen molar-refractivity contribution in [1.82, 2.24) is 19.9 Å². The maximum atomic E-state index is 12.5. The molecule has 1 aliphatic rings. The van der Waals surface area contributed by atoms with E-state index in [1.54, 1.807) is 12.1 Å². The van der Waals surface area contributed by atoms with Gasteiger partial charge in [0.25, 0.3) is 0 Å². The number of imide groups is 2. The number of furan rings is 1. The van der Waals surface area contributed by atoms with Crippen LogP contribution in [0.2, 0.25) is 0 Å². The SMILES string of the molecule is Cc1ccccc1-c1noc(CN2C(=O)C(=O)N(Cc3ccco3)C2=O)n1. The van der Waals surface area contributed by atoms with Crippen LogP contribution in [0.5, 0.6) is 0 Å². The van der Waals surface area contributed by atoms with Gasteiger partial charge in [-0.2, -0.15) is 4.98 Å². The fourth-order valence-electron chi connectivity index (χ4n) is 2.78. The molecule has 2 aromatic heterocycles. The van der Waals surface area contributed by atoms with Gasteiger partial charge in [-0.05, 0) is 24.6 Å². The molecule has 4 rings (SSSR count). The summed E-state index contributed by atoms with van der Waals surface area (Å²) in [6, 6.07) is 9.97. The minimum Gasteiger partial charge on any atom is -0.467 e. The fraction of sp³-hybridized carbons (Fsp3) is 0.167. The van der Waals surface area contributed by atoms with Gasteiger partial charge >= 0.3 is 17.8 Å². The van der Waals surface area contributed by atoms with Crippen LogP contribution in [-0.4, -0.2) is 37.8 Å². The van der Waals surface area contributed by atoms with Gasteiger partial charge in [-0.25, -0.2) is 14.6 Å². The van der Waals surface area contributed by atoms with Crippen molar-refractivity contribution in [3.05, 3.63) is 59.9 Å². The summed E-state index contributed by atoms with van der Waals surface area (Å²) in [6.45, 7) is 1.51. The van der Waals surface area contributed by atoms with Crippen LogP contribution in [0, 0.1) is 6.92 Å². The number of aryl methyl sites for hydroxylation is 1. The van der Waals surface area contributed by atoms with E-state index >= 15 is 0 Å². The minimum absolute atomic E-state index is 0.0580. The maximum absolute atomic E-state index is 12.5. The van der Waals surface area contributed by atoms with Gasteiger partial charge < -0.3 is 8.94 Å². The number of carbonyl (C=O) groups is 3. The van der Waals surface area contributed by atoms with Gasteiger partial charge in [-0.1, -0.05) is 29.4 Å². The summed E-state index contributed by atoms with van der Waals surface area (Å²) in [5.74, 6) is -1.06. The average molecular weight is 366 g/mol. The normalized spacial score (nSPS) is 14.5. The molecular weight excluding hydrogens is 352 g/mol. The second-order valence-electron chi connectivity index (χ2n) is 5.97. The third kappa shape index (κ3) is 2.99. The van der Waals surface area contributed by atoms with E-state index in [-0.39, 0.29) is 19.0 Å². The van der Waals surface area contributed by atoms with Crippen LogP contribution in [-0.2, 0) is 22.7 Å². The summed E-state index contributed by atoms with van der Waals surface area (Å²) in [5.41, 5.74) is 1.74. The van der Waals surface area contributed by atoms with Gasteiger partial charge in [0.2, 0.25) is 11.7 Å². The Hall–Kier alpha value is -3.75. The monoisotopic (exact) mass is 366 g/mol. The number of carbonyl (C=O) groups excluding carboxylic acids is 3. The summed E-state index contributed by atoms with van der Waals surface area (Å²) in [5, 5.41) is 3.89. The number of hydrogen-bond acceptors (Lipinski definition) is 7. The van der Waals surface area contributed by atoms with Crippen LogP contribution in [0.15, 0.2) is 51.6 Å². The van der Waals surface area contributed by atoms with E-state index in [4.69, 9.17) is 8.94 Å². The number of aromatic nitrogens is 2. The molecule has 3 aromatic rings. The molecule has 3 heterocycles. The smallest absolute Gasteiger partial charge is 0.335 e. The molecule has 27 heavy (non-hydrogen) atoms. The fourth-order valence-corrected chi connectivity index (χ4v) is 2.78. The van der Waals surface area contributed by atoms with Gasteiger partial charge in [0, 0.05) is 5.56 Å². The van der Waals surface area contributed by atoms with Crippen molar-refractivity contribution in [3.63, 3.8) is 0 Å². The van der Waals surface area contributed by atoms with Crippen LogP contribution < -0.4 is 0 Å². The number of urea groups is 1. The number of amides is 4. The molecule has 0 spiro atoms. The van der Waals surface area contributed by atoms with Crippen LogP contribution in [0.4, 0.5) is 4.79 Å². The molecule has 0 radical (unpaired) electrons. The third-order valence-corrected chi connectivity index (χ3v) is 4.18. The quantitative estimate of drug-likeness (QED) is 0.502.